The first-order chi connectivity index (χ1) is 16.7. The van der Waals surface area contributed by atoms with Crippen molar-refractivity contribution in [2.45, 2.75) is 51.5 Å². The lowest BCUT2D eigenvalue weighted by atomic mass is 9.82. The summed E-state index contributed by atoms with van der Waals surface area (Å²) in [6.45, 7) is 1.90. The minimum atomic E-state index is -0.973. The molecule has 0 bridgehead atoms. The van der Waals surface area contributed by atoms with Crippen LogP contribution in [0.3, 0.4) is 0 Å². The Morgan fingerprint density at radius 3 is 2.63 bits per heavy atom. The van der Waals surface area contributed by atoms with Crippen molar-refractivity contribution in [3.05, 3.63) is 59.0 Å². The van der Waals surface area contributed by atoms with Gasteiger partial charge < -0.3 is 19.7 Å². The number of pyridine rings is 1. The normalized spacial score (nSPS) is 15.2. The molecule has 9 heteroatoms. The summed E-state index contributed by atoms with van der Waals surface area (Å²) in [5, 5.41) is 12.7. The summed E-state index contributed by atoms with van der Waals surface area (Å²) in [6.07, 6.45) is 6.56. The molecular weight excluding hydrogens is 456 g/mol. The molecule has 35 heavy (non-hydrogen) atoms. The van der Waals surface area contributed by atoms with Gasteiger partial charge in [0, 0.05) is 36.8 Å². The number of furan rings is 1. The lowest BCUT2D eigenvalue weighted by Gasteiger charge is -2.30. The second-order valence-electron chi connectivity index (χ2n) is 9.18. The van der Waals surface area contributed by atoms with Gasteiger partial charge in [0.05, 0.1) is 18.0 Å². The predicted molar refractivity (Wildman–Crippen MR) is 127 cm³/mol. The maximum absolute atomic E-state index is 14.4. The van der Waals surface area contributed by atoms with Crippen molar-refractivity contribution in [3.63, 3.8) is 0 Å². The largest absolute Gasteiger partial charge is 0.481 e. The number of aryl methyl sites for hydroxylation is 1. The van der Waals surface area contributed by atoms with Crippen LogP contribution in [0, 0.1) is 24.5 Å². The van der Waals surface area contributed by atoms with Crippen LogP contribution in [0.25, 0.3) is 11.0 Å². The van der Waals surface area contributed by atoms with Crippen LogP contribution in [0.1, 0.15) is 66.2 Å². The maximum atomic E-state index is 14.4. The number of hydrogen-bond acceptors (Lipinski definition) is 5. The number of rotatable bonds is 8. The van der Waals surface area contributed by atoms with E-state index in [2.05, 4.69) is 10.3 Å². The lowest BCUT2D eigenvalue weighted by molar-refractivity contribution is -0.137. The van der Waals surface area contributed by atoms with E-state index in [1.54, 1.807) is 26.1 Å². The van der Waals surface area contributed by atoms with Crippen molar-refractivity contribution in [2.24, 2.45) is 5.92 Å². The van der Waals surface area contributed by atoms with Crippen molar-refractivity contribution >= 4 is 28.7 Å². The molecule has 2 N–H and O–H groups in total. The summed E-state index contributed by atoms with van der Waals surface area (Å²) in [7, 11) is 1.54. The molecule has 1 saturated carbocycles. The van der Waals surface area contributed by atoms with Gasteiger partial charge in [-0.05, 0) is 43.9 Å². The average molecular weight is 486 g/mol. The SMILES string of the molecule is Cc1c([C@H](Nc2ccc(C(=O)N(C)CCC(=O)O)cn2)C2CCCCC2)oc2c(F)cc(F)cc12. The summed E-state index contributed by atoms with van der Waals surface area (Å²) in [5.74, 6) is -1.36. The van der Waals surface area contributed by atoms with E-state index in [1.165, 1.54) is 17.2 Å². The van der Waals surface area contributed by atoms with Crippen LogP contribution in [-0.4, -0.2) is 40.5 Å². The molecule has 2 heterocycles. The van der Waals surface area contributed by atoms with Crippen molar-refractivity contribution < 1.29 is 27.9 Å². The fourth-order valence-corrected chi connectivity index (χ4v) is 4.77. The maximum Gasteiger partial charge on any atom is 0.305 e. The number of nitrogens with zero attached hydrogens (tertiary/aromatic N) is 2. The van der Waals surface area contributed by atoms with Crippen LogP contribution in [0.5, 0.6) is 0 Å². The number of anilines is 1. The summed E-state index contributed by atoms with van der Waals surface area (Å²) in [6, 6.07) is 5.14. The number of carboxylic acids is 1. The fraction of sp³-hybridized carbons (Fsp3) is 0.423. The molecule has 1 fully saturated rings. The molecular formula is C26H29F2N3O4. The van der Waals surface area contributed by atoms with Gasteiger partial charge in [0.15, 0.2) is 11.4 Å². The van der Waals surface area contributed by atoms with Crippen LogP contribution in [-0.2, 0) is 4.79 Å². The van der Waals surface area contributed by atoms with E-state index in [9.17, 15) is 18.4 Å². The van der Waals surface area contributed by atoms with Gasteiger partial charge in [-0.15, -0.1) is 0 Å². The quantitative estimate of drug-likeness (QED) is 0.425. The standard InChI is InChI=1S/C26H29F2N3O4/c1-15-19-12-18(27)13-20(28)25(19)35-24(15)23(16-6-4-3-5-7-16)30-21-9-8-17(14-29-21)26(34)31(2)11-10-22(32)33/h8-9,12-14,16,23H,3-7,10-11H2,1-2H3,(H,29,30)(H,32,33)/t23-/m1/s1. The molecule has 0 aliphatic heterocycles. The van der Waals surface area contributed by atoms with Crippen molar-refractivity contribution in [3.8, 4) is 0 Å². The third kappa shape index (κ3) is 5.44. The number of fused-ring (bicyclic) bond motifs is 1. The van der Waals surface area contributed by atoms with E-state index < -0.39 is 17.6 Å². The first-order valence-electron chi connectivity index (χ1n) is 11.8. The highest BCUT2D eigenvalue weighted by Crippen LogP contribution is 2.41. The first-order valence-corrected chi connectivity index (χ1v) is 11.8. The lowest BCUT2D eigenvalue weighted by Crippen LogP contribution is -2.29. The molecule has 1 aromatic carbocycles. The molecule has 0 spiro atoms. The molecule has 3 aromatic rings. The molecule has 0 radical (unpaired) electrons. The Hall–Kier alpha value is -3.49. The fourth-order valence-electron chi connectivity index (χ4n) is 4.77. The first kappa shape index (κ1) is 24.6. The predicted octanol–water partition coefficient (Wildman–Crippen LogP) is 5.69. The molecule has 1 aliphatic carbocycles. The monoisotopic (exact) mass is 485 g/mol. The number of aromatic nitrogens is 1. The summed E-state index contributed by atoms with van der Waals surface area (Å²) in [5.41, 5.74) is 1.07. The molecule has 186 valence electrons. The molecule has 1 aliphatic rings. The van der Waals surface area contributed by atoms with Gasteiger partial charge >= 0.3 is 5.97 Å². The van der Waals surface area contributed by atoms with Gasteiger partial charge in [0.25, 0.3) is 5.91 Å². The highest BCUT2D eigenvalue weighted by molar-refractivity contribution is 5.94. The molecule has 1 amide bonds. The highest BCUT2D eigenvalue weighted by Gasteiger charge is 2.31. The van der Waals surface area contributed by atoms with Gasteiger partial charge in [-0.3, -0.25) is 9.59 Å². The van der Waals surface area contributed by atoms with Gasteiger partial charge in [-0.1, -0.05) is 19.3 Å². The number of benzene rings is 1. The molecule has 2 aromatic heterocycles. The minimum absolute atomic E-state index is 0.0415. The van der Waals surface area contributed by atoms with Crippen LogP contribution in [0.2, 0.25) is 0 Å². The zero-order valence-electron chi connectivity index (χ0n) is 19.8. The Kier molecular flexibility index (Phi) is 7.33. The van der Waals surface area contributed by atoms with Crippen LogP contribution in [0.15, 0.2) is 34.9 Å². The summed E-state index contributed by atoms with van der Waals surface area (Å²) in [4.78, 5) is 29.1. The number of carbonyl (C=O) groups is 2. The minimum Gasteiger partial charge on any atom is -0.481 e. The zero-order valence-corrected chi connectivity index (χ0v) is 19.8. The molecule has 0 saturated heterocycles. The molecule has 4 rings (SSSR count). The Morgan fingerprint density at radius 1 is 1.23 bits per heavy atom. The van der Waals surface area contributed by atoms with Crippen LogP contribution < -0.4 is 5.32 Å². The van der Waals surface area contributed by atoms with Crippen LogP contribution in [0.4, 0.5) is 14.6 Å². The Bertz CT molecular complexity index is 1220. The molecule has 0 unspecified atom stereocenters. The number of nitrogens with one attached hydrogen (secondary N) is 1. The number of aliphatic carboxylic acids is 1. The average Bonchev–Trinajstić information content (AvgIpc) is 3.17. The Labute approximate surface area is 202 Å². The van der Waals surface area contributed by atoms with Crippen molar-refractivity contribution in [1.29, 1.82) is 0 Å². The van der Waals surface area contributed by atoms with Gasteiger partial charge in [-0.25, -0.2) is 13.8 Å². The van der Waals surface area contributed by atoms with Crippen molar-refractivity contribution in [2.75, 3.05) is 18.9 Å². The van der Waals surface area contributed by atoms with Crippen molar-refractivity contribution in [1.82, 2.24) is 9.88 Å². The Morgan fingerprint density at radius 2 is 1.97 bits per heavy atom. The van der Waals surface area contributed by atoms with Crippen LogP contribution >= 0.6 is 0 Å². The topological polar surface area (TPSA) is 95.7 Å². The number of halogens is 2. The summed E-state index contributed by atoms with van der Waals surface area (Å²) >= 11 is 0. The third-order valence-corrected chi connectivity index (χ3v) is 6.72. The smallest absolute Gasteiger partial charge is 0.305 e. The van der Waals surface area contributed by atoms with Gasteiger partial charge in [0.1, 0.15) is 17.4 Å². The molecule has 7 nitrogen and oxygen atoms in total. The van der Waals surface area contributed by atoms with E-state index in [0.717, 1.165) is 38.2 Å². The Balaban J connectivity index is 1.60. The van der Waals surface area contributed by atoms with E-state index in [4.69, 9.17) is 9.52 Å². The number of amides is 1. The van der Waals surface area contributed by atoms with Gasteiger partial charge in [-0.2, -0.15) is 0 Å². The summed E-state index contributed by atoms with van der Waals surface area (Å²) < 4.78 is 34.3. The number of carboxylic acid groups (broad SMARTS) is 1. The second-order valence-corrected chi connectivity index (χ2v) is 9.18. The number of carbonyl (C=O) groups excluding carboxylic acids is 1. The highest BCUT2D eigenvalue weighted by atomic mass is 19.1. The van der Waals surface area contributed by atoms with E-state index in [-0.39, 0.29) is 36.4 Å². The second kappa shape index (κ2) is 10.4. The van der Waals surface area contributed by atoms with Gasteiger partial charge in [0.2, 0.25) is 0 Å². The number of hydrogen-bond donors (Lipinski definition) is 2. The van der Waals surface area contributed by atoms with E-state index in [1.807, 2.05) is 0 Å². The third-order valence-electron chi connectivity index (χ3n) is 6.72. The van der Waals surface area contributed by atoms with E-state index in [0.29, 0.717) is 28.1 Å². The molecule has 1 atom stereocenters. The zero-order chi connectivity index (χ0) is 25.1. The van der Waals surface area contributed by atoms with E-state index >= 15 is 0 Å².